The molecule has 3 nitrogen and oxygen atoms in total. The molecule has 0 aromatic heterocycles. The molecular weight excluding hydrogens is 192 g/mol. The van der Waals surface area contributed by atoms with Gasteiger partial charge in [0.1, 0.15) is 0 Å². The summed E-state index contributed by atoms with van der Waals surface area (Å²) in [6, 6.07) is 9.86. The second kappa shape index (κ2) is 5.85. The third-order valence-electron chi connectivity index (χ3n) is 2.35. The van der Waals surface area contributed by atoms with Gasteiger partial charge < -0.3 is 14.2 Å². The van der Waals surface area contributed by atoms with E-state index < -0.39 is 5.79 Å². The molecule has 0 fully saturated rings. The van der Waals surface area contributed by atoms with Crippen molar-refractivity contribution in [2.24, 2.45) is 0 Å². The standard InChI is InChI=1S/C12H18O3/c1-12(14-3,15-10-9-13-2)11-7-5-4-6-8-11/h4-8H,9-10H2,1-3H3. The first-order valence-electron chi connectivity index (χ1n) is 4.96. The van der Waals surface area contributed by atoms with Gasteiger partial charge in [-0.2, -0.15) is 0 Å². The lowest BCUT2D eigenvalue weighted by molar-refractivity contribution is -0.223. The minimum Gasteiger partial charge on any atom is -0.382 e. The Morgan fingerprint density at radius 2 is 1.73 bits per heavy atom. The maximum atomic E-state index is 5.66. The summed E-state index contributed by atoms with van der Waals surface area (Å²) >= 11 is 0. The predicted molar refractivity (Wildman–Crippen MR) is 58.6 cm³/mol. The zero-order valence-electron chi connectivity index (χ0n) is 9.53. The monoisotopic (exact) mass is 210 g/mol. The van der Waals surface area contributed by atoms with E-state index in [1.807, 2.05) is 37.3 Å². The zero-order chi connectivity index (χ0) is 11.1. The topological polar surface area (TPSA) is 27.7 Å². The lowest BCUT2D eigenvalue weighted by Gasteiger charge is -2.28. The Balaban J connectivity index is 2.67. The Hall–Kier alpha value is -0.900. The van der Waals surface area contributed by atoms with E-state index in [-0.39, 0.29) is 0 Å². The smallest absolute Gasteiger partial charge is 0.191 e. The average Bonchev–Trinajstić information content (AvgIpc) is 2.30. The Labute approximate surface area is 91.0 Å². The van der Waals surface area contributed by atoms with Crippen LogP contribution < -0.4 is 0 Å². The molecule has 84 valence electrons. The summed E-state index contributed by atoms with van der Waals surface area (Å²) in [5.41, 5.74) is 1.00. The van der Waals surface area contributed by atoms with Gasteiger partial charge in [0, 0.05) is 19.8 Å². The highest BCUT2D eigenvalue weighted by atomic mass is 16.7. The molecule has 1 rings (SSSR count). The van der Waals surface area contributed by atoms with E-state index in [1.54, 1.807) is 14.2 Å². The van der Waals surface area contributed by atoms with Gasteiger partial charge in [-0.25, -0.2) is 0 Å². The van der Waals surface area contributed by atoms with Gasteiger partial charge >= 0.3 is 0 Å². The number of benzene rings is 1. The third-order valence-corrected chi connectivity index (χ3v) is 2.35. The molecule has 0 saturated carbocycles. The Morgan fingerprint density at radius 1 is 1.07 bits per heavy atom. The summed E-state index contributed by atoms with van der Waals surface area (Å²) in [5, 5.41) is 0. The minimum absolute atomic E-state index is 0.510. The fourth-order valence-electron chi connectivity index (χ4n) is 1.32. The molecule has 0 saturated heterocycles. The van der Waals surface area contributed by atoms with Gasteiger partial charge in [-0.15, -0.1) is 0 Å². The van der Waals surface area contributed by atoms with Crippen molar-refractivity contribution in [1.29, 1.82) is 0 Å². The van der Waals surface area contributed by atoms with Crippen LogP contribution in [0.4, 0.5) is 0 Å². The van der Waals surface area contributed by atoms with Crippen molar-refractivity contribution >= 4 is 0 Å². The van der Waals surface area contributed by atoms with Crippen molar-refractivity contribution in [3.05, 3.63) is 35.9 Å². The molecule has 0 aliphatic heterocycles. The van der Waals surface area contributed by atoms with E-state index in [0.29, 0.717) is 13.2 Å². The van der Waals surface area contributed by atoms with Crippen LogP contribution in [0, 0.1) is 0 Å². The molecule has 0 N–H and O–H groups in total. The van der Waals surface area contributed by atoms with Crippen molar-refractivity contribution in [3.63, 3.8) is 0 Å². The highest BCUT2D eigenvalue weighted by Gasteiger charge is 2.26. The van der Waals surface area contributed by atoms with Gasteiger partial charge in [0.2, 0.25) is 0 Å². The van der Waals surface area contributed by atoms with Crippen LogP contribution >= 0.6 is 0 Å². The van der Waals surface area contributed by atoms with Gasteiger partial charge in [-0.3, -0.25) is 0 Å². The SMILES string of the molecule is COCCOC(C)(OC)c1ccccc1. The molecule has 0 spiro atoms. The predicted octanol–water partition coefficient (Wildman–Crippen LogP) is 2.17. The van der Waals surface area contributed by atoms with Crippen molar-refractivity contribution in [2.45, 2.75) is 12.7 Å². The lowest BCUT2D eigenvalue weighted by atomic mass is 10.1. The first-order chi connectivity index (χ1) is 7.23. The second-order valence-electron chi connectivity index (χ2n) is 3.36. The number of ether oxygens (including phenoxy) is 3. The summed E-state index contributed by atoms with van der Waals surface area (Å²) < 4.78 is 16.0. The highest BCUT2D eigenvalue weighted by molar-refractivity contribution is 5.19. The molecule has 0 amide bonds. The van der Waals surface area contributed by atoms with Crippen LogP contribution in [0.3, 0.4) is 0 Å². The van der Waals surface area contributed by atoms with Gasteiger partial charge in [0.15, 0.2) is 5.79 Å². The first kappa shape index (κ1) is 12.2. The van der Waals surface area contributed by atoms with Crippen LogP contribution in [0.1, 0.15) is 12.5 Å². The van der Waals surface area contributed by atoms with Crippen LogP contribution in [-0.2, 0) is 20.0 Å². The number of hydrogen-bond acceptors (Lipinski definition) is 3. The molecule has 1 aromatic carbocycles. The maximum Gasteiger partial charge on any atom is 0.191 e. The fourth-order valence-corrected chi connectivity index (χ4v) is 1.32. The first-order valence-corrected chi connectivity index (χ1v) is 4.96. The quantitative estimate of drug-likeness (QED) is 0.532. The second-order valence-corrected chi connectivity index (χ2v) is 3.36. The van der Waals surface area contributed by atoms with E-state index in [4.69, 9.17) is 14.2 Å². The third kappa shape index (κ3) is 3.30. The van der Waals surface area contributed by atoms with Gasteiger partial charge in [0.25, 0.3) is 0 Å². The van der Waals surface area contributed by atoms with Crippen molar-refractivity contribution < 1.29 is 14.2 Å². The molecule has 0 heterocycles. The van der Waals surface area contributed by atoms with Gasteiger partial charge in [0.05, 0.1) is 13.2 Å². The Bertz CT molecular complexity index is 273. The maximum absolute atomic E-state index is 5.66. The summed E-state index contributed by atoms with van der Waals surface area (Å²) in [4.78, 5) is 0. The fraction of sp³-hybridized carbons (Fsp3) is 0.500. The summed E-state index contributed by atoms with van der Waals surface area (Å²) in [6.45, 7) is 2.97. The van der Waals surface area contributed by atoms with Crippen molar-refractivity contribution in [3.8, 4) is 0 Å². The molecule has 0 aliphatic rings. The number of hydrogen-bond donors (Lipinski definition) is 0. The van der Waals surface area contributed by atoms with Crippen LogP contribution in [0.5, 0.6) is 0 Å². The van der Waals surface area contributed by atoms with Gasteiger partial charge in [-0.1, -0.05) is 30.3 Å². The van der Waals surface area contributed by atoms with E-state index >= 15 is 0 Å². The van der Waals surface area contributed by atoms with E-state index in [2.05, 4.69) is 0 Å². The van der Waals surface area contributed by atoms with E-state index in [0.717, 1.165) is 5.56 Å². The number of methoxy groups -OCH3 is 2. The van der Waals surface area contributed by atoms with Crippen molar-refractivity contribution in [1.82, 2.24) is 0 Å². The average molecular weight is 210 g/mol. The molecule has 1 aromatic rings. The van der Waals surface area contributed by atoms with Gasteiger partial charge in [-0.05, 0) is 6.92 Å². The van der Waals surface area contributed by atoms with Crippen LogP contribution in [0.2, 0.25) is 0 Å². The van der Waals surface area contributed by atoms with Crippen LogP contribution in [-0.4, -0.2) is 27.4 Å². The zero-order valence-corrected chi connectivity index (χ0v) is 9.53. The molecule has 0 aliphatic carbocycles. The summed E-state index contributed by atoms with van der Waals surface area (Å²) in [7, 11) is 3.29. The molecule has 0 bridgehead atoms. The molecule has 15 heavy (non-hydrogen) atoms. The Morgan fingerprint density at radius 3 is 2.27 bits per heavy atom. The van der Waals surface area contributed by atoms with Crippen LogP contribution in [0.15, 0.2) is 30.3 Å². The largest absolute Gasteiger partial charge is 0.382 e. The molecule has 1 unspecified atom stereocenters. The summed E-state index contributed by atoms with van der Waals surface area (Å²) in [5.74, 6) is -0.695. The Kier molecular flexibility index (Phi) is 4.75. The molecule has 1 atom stereocenters. The summed E-state index contributed by atoms with van der Waals surface area (Å²) in [6.07, 6.45) is 0. The minimum atomic E-state index is -0.695. The molecular formula is C12H18O3. The van der Waals surface area contributed by atoms with E-state index in [9.17, 15) is 0 Å². The van der Waals surface area contributed by atoms with E-state index in [1.165, 1.54) is 0 Å². The van der Waals surface area contributed by atoms with Crippen molar-refractivity contribution in [2.75, 3.05) is 27.4 Å². The normalized spacial score (nSPS) is 14.9. The highest BCUT2D eigenvalue weighted by Crippen LogP contribution is 2.25. The lowest BCUT2D eigenvalue weighted by Crippen LogP contribution is -2.29. The molecule has 3 heteroatoms. The number of rotatable bonds is 6. The molecule has 0 radical (unpaired) electrons. The van der Waals surface area contributed by atoms with Crippen LogP contribution in [0.25, 0.3) is 0 Å².